The predicted octanol–water partition coefficient (Wildman–Crippen LogP) is 2.87. The van der Waals surface area contributed by atoms with Gasteiger partial charge < -0.3 is 21.1 Å². The third-order valence-electron chi connectivity index (χ3n) is 3.61. The molecule has 0 saturated carbocycles. The average Bonchev–Trinajstić information content (AvgIpc) is 2.92. The van der Waals surface area contributed by atoms with Crippen molar-refractivity contribution in [3.05, 3.63) is 60.3 Å². The first-order chi connectivity index (χ1) is 10.6. The molecule has 3 rings (SSSR count). The summed E-state index contributed by atoms with van der Waals surface area (Å²) in [6.07, 6.45) is 2.12. The third-order valence-corrected chi connectivity index (χ3v) is 3.61. The number of carbonyl (C=O) groups is 1. The Kier molecular flexibility index (Phi) is 3.80. The molecule has 0 saturated heterocycles. The zero-order chi connectivity index (χ0) is 15.5. The van der Waals surface area contributed by atoms with Gasteiger partial charge in [0.2, 0.25) is 0 Å². The van der Waals surface area contributed by atoms with Crippen LogP contribution in [0.4, 0.5) is 11.4 Å². The van der Waals surface area contributed by atoms with Crippen molar-refractivity contribution in [1.29, 1.82) is 0 Å². The maximum atomic E-state index is 10.9. The molecule has 5 N–H and O–H groups in total. The molecule has 22 heavy (non-hydrogen) atoms. The zero-order valence-corrected chi connectivity index (χ0v) is 11.9. The highest BCUT2D eigenvalue weighted by atomic mass is 16.4. The largest absolute Gasteiger partial charge is 0.480 e. The van der Waals surface area contributed by atoms with E-state index in [4.69, 9.17) is 10.8 Å². The summed E-state index contributed by atoms with van der Waals surface area (Å²) in [4.78, 5) is 14.1. The number of benzene rings is 2. The summed E-state index contributed by atoms with van der Waals surface area (Å²) in [6, 6.07) is 14.9. The van der Waals surface area contributed by atoms with Crippen LogP contribution in [0, 0.1) is 0 Å². The van der Waals surface area contributed by atoms with Gasteiger partial charge >= 0.3 is 5.97 Å². The quantitative estimate of drug-likeness (QED) is 0.582. The highest BCUT2D eigenvalue weighted by Gasteiger charge is 2.15. The topological polar surface area (TPSA) is 91.1 Å². The van der Waals surface area contributed by atoms with Gasteiger partial charge in [0.15, 0.2) is 0 Å². The smallest absolute Gasteiger partial charge is 0.320 e. The Balaban J connectivity index is 1.93. The molecule has 0 unspecified atom stereocenters. The van der Waals surface area contributed by atoms with E-state index in [1.165, 1.54) is 0 Å². The summed E-state index contributed by atoms with van der Waals surface area (Å²) in [5.41, 5.74) is 9.42. The lowest BCUT2D eigenvalue weighted by atomic mass is 10.1. The van der Waals surface area contributed by atoms with E-state index in [0.29, 0.717) is 6.42 Å². The number of rotatable bonds is 5. The highest BCUT2D eigenvalue weighted by molar-refractivity contribution is 5.95. The van der Waals surface area contributed by atoms with Gasteiger partial charge in [0.05, 0.1) is 11.2 Å². The van der Waals surface area contributed by atoms with Crippen LogP contribution in [0.25, 0.3) is 10.9 Å². The summed E-state index contributed by atoms with van der Waals surface area (Å²) < 4.78 is 0. The van der Waals surface area contributed by atoms with Crippen LogP contribution >= 0.6 is 0 Å². The van der Waals surface area contributed by atoms with Crippen molar-refractivity contribution in [2.24, 2.45) is 5.73 Å². The molecule has 1 aromatic heterocycles. The minimum absolute atomic E-state index is 0.296. The molecule has 0 amide bonds. The first-order valence-corrected chi connectivity index (χ1v) is 7.04. The minimum atomic E-state index is -0.993. The molecule has 1 atom stereocenters. The fourth-order valence-electron chi connectivity index (χ4n) is 2.49. The summed E-state index contributed by atoms with van der Waals surface area (Å²) in [5.74, 6) is -0.993. The maximum Gasteiger partial charge on any atom is 0.320 e. The number of hydrogen-bond donors (Lipinski definition) is 4. The van der Waals surface area contributed by atoms with Gasteiger partial charge in [-0.25, -0.2) is 0 Å². The Morgan fingerprint density at radius 2 is 1.95 bits per heavy atom. The summed E-state index contributed by atoms with van der Waals surface area (Å²) >= 11 is 0. The molecule has 0 radical (unpaired) electrons. The number of nitrogens with two attached hydrogens (primary N) is 1. The number of anilines is 2. The van der Waals surface area contributed by atoms with Crippen LogP contribution in [-0.2, 0) is 11.2 Å². The van der Waals surface area contributed by atoms with E-state index in [2.05, 4.69) is 10.3 Å². The second-order valence-electron chi connectivity index (χ2n) is 5.18. The number of nitrogens with one attached hydrogen (secondary N) is 2. The van der Waals surface area contributed by atoms with Crippen molar-refractivity contribution in [1.82, 2.24) is 4.98 Å². The monoisotopic (exact) mass is 295 g/mol. The van der Waals surface area contributed by atoms with Gasteiger partial charge in [-0.1, -0.05) is 30.3 Å². The highest BCUT2D eigenvalue weighted by Crippen LogP contribution is 2.28. The molecule has 112 valence electrons. The fraction of sp³-hybridized carbons (Fsp3) is 0.118. The minimum Gasteiger partial charge on any atom is -0.480 e. The van der Waals surface area contributed by atoms with Crippen LogP contribution in [0.1, 0.15) is 5.56 Å². The maximum absolute atomic E-state index is 10.9. The molecule has 5 nitrogen and oxygen atoms in total. The Hall–Kier alpha value is -2.79. The number of aromatic amines is 1. The van der Waals surface area contributed by atoms with Crippen LogP contribution in [-0.4, -0.2) is 22.1 Å². The molecule has 0 aliphatic heterocycles. The van der Waals surface area contributed by atoms with Gasteiger partial charge in [0.1, 0.15) is 6.04 Å². The lowest BCUT2D eigenvalue weighted by molar-refractivity contribution is -0.138. The molecule has 0 aliphatic rings. The Labute approximate surface area is 127 Å². The number of hydrogen-bond acceptors (Lipinski definition) is 3. The van der Waals surface area contributed by atoms with E-state index in [0.717, 1.165) is 27.8 Å². The van der Waals surface area contributed by atoms with Crippen molar-refractivity contribution in [2.75, 3.05) is 5.32 Å². The number of aliphatic carboxylic acids is 1. The summed E-state index contributed by atoms with van der Waals surface area (Å²) in [6.45, 7) is 0. The third kappa shape index (κ3) is 2.80. The predicted molar refractivity (Wildman–Crippen MR) is 87.3 cm³/mol. The van der Waals surface area contributed by atoms with E-state index in [1.807, 2.05) is 54.7 Å². The molecule has 5 heteroatoms. The second kappa shape index (κ2) is 5.91. The Bertz CT molecular complexity index is 796. The van der Waals surface area contributed by atoms with Gasteiger partial charge in [0.25, 0.3) is 0 Å². The molecule has 0 spiro atoms. The van der Waals surface area contributed by atoms with Crippen LogP contribution in [0.3, 0.4) is 0 Å². The van der Waals surface area contributed by atoms with Crippen LogP contribution in [0.5, 0.6) is 0 Å². The van der Waals surface area contributed by atoms with Crippen molar-refractivity contribution < 1.29 is 9.90 Å². The molecule has 0 aliphatic carbocycles. The molecule has 0 fully saturated rings. The summed E-state index contributed by atoms with van der Waals surface area (Å²) in [7, 11) is 0. The molecule has 3 aromatic rings. The molecular weight excluding hydrogens is 278 g/mol. The Morgan fingerprint density at radius 1 is 1.18 bits per heavy atom. The first-order valence-electron chi connectivity index (χ1n) is 7.04. The number of H-pyrrole nitrogens is 1. The van der Waals surface area contributed by atoms with Gasteiger partial charge in [-0.05, 0) is 23.8 Å². The van der Waals surface area contributed by atoms with Crippen molar-refractivity contribution in [3.63, 3.8) is 0 Å². The zero-order valence-electron chi connectivity index (χ0n) is 11.9. The lowest BCUT2D eigenvalue weighted by Crippen LogP contribution is -2.32. The molecule has 1 heterocycles. The Morgan fingerprint density at radius 3 is 2.68 bits per heavy atom. The van der Waals surface area contributed by atoms with E-state index in [-0.39, 0.29) is 0 Å². The van der Waals surface area contributed by atoms with E-state index in [1.54, 1.807) is 0 Å². The second-order valence-corrected chi connectivity index (χ2v) is 5.18. The summed E-state index contributed by atoms with van der Waals surface area (Å²) in [5, 5.41) is 13.3. The number of carboxylic acid groups (broad SMARTS) is 1. The average molecular weight is 295 g/mol. The van der Waals surface area contributed by atoms with E-state index >= 15 is 0 Å². The van der Waals surface area contributed by atoms with Gasteiger partial charge in [-0.15, -0.1) is 0 Å². The standard InChI is InChI=1S/C17H17N3O2/c18-14(17(21)22)9-11-10-19-16-13(11)7-4-8-15(16)20-12-5-2-1-3-6-12/h1-8,10,14,19-20H,9,18H2,(H,21,22)/t14-/m0/s1. The first kappa shape index (κ1) is 14.2. The lowest BCUT2D eigenvalue weighted by Gasteiger charge is -2.08. The van der Waals surface area contributed by atoms with Crippen molar-refractivity contribution in [3.8, 4) is 0 Å². The number of aromatic nitrogens is 1. The van der Waals surface area contributed by atoms with E-state index in [9.17, 15) is 4.79 Å². The van der Waals surface area contributed by atoms with Crippen molar-refractivity contribution >= 4 is 28.2 Å². The normalized spacial score (nSPS) is 12.2. The number of para-hydroxylation sites is 2. The van der Waals surface area contributed by atoms with Crippen LogP contribution in [0.15, 0.2) is 54.7 Å². The van der Waals surface area contributed by atoms with Gasteiger partial charge in [0, 0.05) is 23.7 Å². The van der Waals surface area contributed by atoms with E-state index < -0.39 is 12.0 Å². The molecular formula is C17H17N3O2. The van der Waals surface area contributed by atoms with Crippen molar-refractivity contribution in [2.45, 2.75) is 12.5 Å². The SMILES string of the molecule is N[C@@H](Cc1c[nH]c2c(Nc3ccccc3)cccc12)C(=O)O. The van der Waals surface area contributed by atoms with Crippen LogP contribution in [0.2, 0.25) is 0 Å². The molecule has 2 aromatic carbocycles. The molecule has 0 bridgehead atoms. The van der Waals surface area contributed by atoms with Crippen LogP contribution < -0.4 is 11.1 Å². The van der Waals surface area contributed by atoms with Gasteiger partial charge in [-0.3, -0.25) is 4.79 Å². The fourth-order valence-corrected chi connectivity index (χ4v) is 2.49. The number of carboxylic acids is 1. The van der Waals surface area contributed by atoms with Gasteiger partial charge in [-0.2, -0.15) is 0 Å². The number of fused-ring (bicyclic) bond motifs is 1.